The molecular formula is C18H30N2O. The highest BCUT2D eigenvalue weighted by Crippen LogP contribution is 2.37. The molecule has 2 unspecified atom stereocenters. The van der Waals surface area contributed by atoms with Crippen LogP contribution < -0.4 is 10.1 Å². The fourth-order valence-corrected chi connectivity index (χ4v) is 3.57. The number of rotatable bonds is 7. The summed E-state index contributed by atoms with van der Waals surface area (Å²) in [6, 6.07) is 8.08. The summed E-state index contributed by atoms with van der Waals surface area (Å²) in [7, 11) is 1.74. The van der Waals surface area contributed by atoms with E-state index in [1.807, 2.05) is 0 Å². The topological polar surface area (TPSA) is 24.5 Å². The van der Waals surface area contributed by atoms with Crippen LogP contribution in [-0.2, 0) is 6.42 Å². The maximum absolute atomic E-state index is 5.42. The van der Waals surface area contributed by atoms with Gasteiger partial charge in [-0.1, -0.05) is 19.9 Å². The molecule has 0 heterocycles. The van der Waals surface area contributed by atoms with Crippen molar-refractivity contribution in [3.63, 3.8) is 0 Å². The maximum atomic E-state index is 5.42. The summed E-state index contributed by atoms with van der Waals surface area (Å²) >= 11 is 0. The smallest absolute Gasteiger partial charge is 0.119 e. The van der Waals surface area contributed by atoms with Gasteiger partial charge >= 0.3 is 0 Å². The molecule has 0 spiro atoms. The number of fused-ring (bicyclic) bond motifs is 1. The van der Waals surface area contributed by atoms with Crippen molar-refractivity contribution in [3.8, 4) is 5.75 Å². The number of nitrogens with one attached hydrogen (secondary N) is 1. The van der Waals surface area contributed by atoms with Gasteiger partial charge in [0.2, 0.25) is 0 Å². The Bertz CT molecular complexity index is 459. The van der Waals surface area contributed by atoms with Gasteiger partial charge in [0, 0.05) is 18.1 Å². The quantitative estimate of drug-likeness (QED) is 0.833. The second-order valence-corrected chi connectivity index (χ2v) is 6.20. The fourth-order valence-electron chi connectivity index (χ4n) is 3.57. The third kappa shape index (κ3) is 3.41. The predicted octanol–water partition coefficient (Wildman–Crippen LogP) is 3.39. The van der Waals surface area contributed by atoms with Crippen LogP contribution in [0.2, 0.25) is 0 Å². The molecule has 0 bridgehead atoms. The van der Waals surface area contributed by atoms with E-state index in [1.54, 1.807) is 7.11 Å². The molecule has 21 heavy (non-hydrogen) atoms. The molecular weight excluding hydrogens is 260 g/mol. The lowest BCUT2D eigenvalue weighted by atomic mass is 10.0. The number of hydrogen-bond donors (Lipinski definition) is 1. The largest absolute Gasteiger partial charge is 0.497 e. The normalized spacial score (nSPS) is 21.1. The van der Waals surface area contributed by atoms with E-state index >= 15 is 0 Å². The molecule has 0 aliphatic heterocycles. The Hall–Kier alpha value is -1.06. The average molecular weight is 290 g/mol. The SMILES string of the molecule is CCCN(C(C)C)C1Cc2ccc(OC)cc2C1NCC. The Kier molecular flexibility index (Phi) is 5.65. The number of hydrogen-bond acceptors (Lipinski definition) is 3. The van der Waals surface area contributed by atoms with E-state index in [0.29, 0.717) is 18.1 Å². The van der Waals surface area contributed by atoms with Crippen LogP contribution in [0, 0.1) is 0 Å². The van der Waals surface area contributed by atoms with Crippen LogP contribution in [0.4, 0.5) is 0 Å². The minimum Gasteiger partial charge on any atom is -0.497 e. The third-order valence-electron chi connectivity index (χ3n) is 4.50. The molecule has 1 aromatic carbocycles. The van der Waals surface area contributed by atoms with Crippen LogP contribution in [0.1, 0.15) is 51.3 Å². The monoisotopic (exact) mass is 290 g/mol. The first-order valence-electron chi connectivity index (χ1n) is 8.28. The Balaban J connectivity index is 2.31. The van der Waals surface area contributed by atoms with E-state index in [9.17, 15) is 0 Å². The Morgan fingerprint density at radius 2 is 2.10 bits per heavy atom. The standard InChI is InChI=1S/C18H30N2O/c1-6-10-20(13(3)4)17-11-14-8-9-15(21-5)12-16(14)18(17)19-7-2/h8-9,12-13,17-19H,6-7,10-11H2,1-5H3. The number of ether oxygens (including phenoxy) is 1. The molecule has 2 atom stereocenters. The summed E-state index contributed by atoms with van der Waals surface area (Å²) < 4.78 is 5.42. The van der Waals surface area contributed by atoms with Crippen molar-refractivity contribution < 1.29 is 4.74 Å². The molecule has 118 valence electrons. The lowest BCUT2D eigenvalue weighted by Gasteiger charge is -2.36. The van der Waals surface area contributed by atoms with Crippen LogP contribution in [0.25, 0.3) is 0 Å². The average Bonchev–Trinajstić information content (AvgIpc) is 2.82. The summed E-state index contributed by atoms with van der Waals surface area (Å²) in [6.07, 6.45) is 2.34. The maximum Gasteiger partial charge on any atom is 0.119 e. The molecule has 0 saturated heterocycles. The molecule has 0 saturated carbocycles. The minimum atomic E-state index is 0.411. The van der Waals surface area contributed by atoms with Gasteiger partial charge < -0.3 is 10.1 Å². The van der Waals surface area contributed by atoms with Crippen molar-refractivity contribution >= 4 is 0 Å². The van der Waals surface area contributed by atoms with Gasteiger partial charge in [-0.2, -0.15) is 0 Å². The highest BCUT2D eigenvalue weighted by Gasteiger charge is 2.36. The lowest BCUT2D eigenvalue weighted by molar-refractivity contribution is 0.129. The zero-order chi connectivity index (χ0) is 15.4. The molecule has 3 heteroatoms. The van der Waals surface area contributed by atoms with Gasteiger partial charge in [-0.3, -0.25) is 4.90 Å². The van der Waals surface area contributed by atoms with Crippen molar-refractivity contribution in [2.45, 2.75) is 58.7 Å². The molecule has 2 rings (SSSR count). The summed E-state index contributed by atoms with van der Waals surface area (Å²) in [5.74, 6) is 0.962. The van der Waals surface area contributed by atoms with Gasteiger partial charge in [-0.15, -0.1) is 0 Å². The van der Waals surface area contributed by atoms with Gasteiger partial charge in [-0.25, -0.2) is 0 Å². The summed E-state index contributed by atoms with van der Waals surface area (Å²) in [4.78, 5) is 2.65. The van der Waals surface area contributed by atoms with Gasteiger partial charge in [-0.05, 0) is 63.0 Å². The van der Waals surface area contributed by atoms with E-state index in [-0.39, 0.29) is 0 Å². The number of likely N-dealkylation sites (N-methyl/N-ethyl adjacent to an activating group) is 1. The summed E-state index contributed by atoms with van der Waals surface area (Å²) in [5, 5.41) is 3.70. The zero-order valence-corrected chi connectivity index (χ0v) is 14.1. The molecule has 0 fully saturated rings. The molecule has 0 radical (unpaired) electrons. The van der Waals surface area contributed by atoms with E-state index in [1.165, 1.54) is 17.5 Å². The van der Waals surface area contributed by atoms with Gasteiger partial charge in [0.1, 0.15) is 5.75 Å². The first-order chi connectivity index (χ1) is 10.1. The van der Waals surface area contributed by atoms with Crippen molar-refractivity contribution in [2.24, 2.45) is 0 Å². The molecule has 1 aromatic rings. The van der Waals surface area contributed by atoms with Crippen LogP contribution in [0.5, 0.6) is 5.75 Å². The van der Waals surface area contributed by atoms with Gasteiger partial charge in [0.25, 0.3) is 0 Å². The van der Waals surface area contributed by atoms with Crippen molar-refractivity contribution in [1.29, 1.82) is 0 Å². The predicted molar refractivity (Wildman–Crippen MR) is 89.0 cm³/mol. The first kappa shape index (κ1) is 16.3. The zero-order valence-electron chi connectivity index (χ0n) is 14.1. The lowest BCUT2D eigenvalue weighted by Crippen LogP contribution is -2.46. The summed E-state index contributed by atoms with van der Waals surface area (Å²) in [6.45, 7) is 11.2. The van der Waals surface area contributed by atoms with Crippen LogP contribution in [-0.4, -0.2) is 37.2 Å². The molecule has 0 aromatic heterocycles. The number of methoxy groups -OCH3 is 1. The minimum absolute atomic E-state index is 0.411. The van der Waals surface area contributed by atoms with Crippen molar-refractivity contribution in [2.75, 3.05) is 20.2 Å². The molecule has 3 nitrogen and oxygen atoms in total. The van der Waals surface area contributed by atoms with Crippen molar-refractivity contribution in [1.82, 2.24) is 10.2 Å². The second kappa shape index (κ2) is 7.28. The Morgan fingerprint density at radius 3 is 2.67 bits per heavy atom. The van der Waals surface area contributed by atoms with Gasteiger partial charge in [0.05, 0.1) is 7.11 Å². The van der Waals surface area contributed by atoms with E-state index < -0.39 is 0 Å². The van der Waals surface area contributed by atoms with Crippen LogP contribution >= 0.6 is 0 Å². The fraction of sp³-hybridized carbons (Fsp3) is 0.667. The highest BCUT2D eigenvalue weighted by molar-refractivity contribution is 5.43. The molecule has 1 N–H and O–H groups in total. The third-order valence-corrected chi connectivity index (χ3v) is 4.50. The van der Waals surface area contributed by atoms with Crippen molar-refractivity contribution in [3.05, 3.63) is 29.3 Å². The van der Waals surface area contributed by atoms with E-state index in [0.717, 1.165) is 25.3 Å². The second-order valence-electron chi connectivity index (χ2n) is 6.20. The molecule has 1 aliphatic carbocycles. The Morgan fingerprint density at radius 1 is 1.33 bits per heavy atom. The van der Waals surface area contributed by atoms with E-state index in [4.69, 9.17) is 4.74 Å². The number of nitrogens with zero attached hydrogens (tertiary/aromatic N) is 1. The van der Waals surface area contributed by atoms with Gasteiger partial charge in [0.15, 0.2) is 0 Å². The molecule has 0 amide bonds. The van der Waals surface area contributed by atoms with E-state index in [2.05, 4.69) is 56.1 Å². The highest BCUT2D eigenvalue weighted by atomic mass is 16.5. The molecule has 1 aliphatic rings. The number of benzene rings is 1. The Labute approximate surface area is 129 Å². The summed E-state index contributed by atoms with van der Waals surface area (Å²) in [5.41, 5.74) is 2.89. The first-order valence-corrected chi connectivity index (χ1v) is 8.28. The van der Waals surface area contributed by atoms with Crippen LogP contribution in [0.3, 0.4) is 0 Å². The van der Waals surface area contributed by atoms with Crippen LogP contribution in [0.15, 0.2) is 18.2 Å².